The van der Waals surface area contributed by atoms with E-state index in [1.54, 1.807) is 6.07 Å². The van der Waals surface area contributed by atoms with E-state index in [1.807, 2.05) is 6.07 Å². The van der Waals surface area contributed by atoms with E-state index in [1.165, 1.54) is 6.07 Å². The molecule has 1 aromatic rings. The molecule has 0 aliphatic heterocycles. The van der Waals surface area contributed by atoms with Crippen LogP contribution in [0, 0.1) is 17.1 Å². The number of nitrogens with one attached hydrogen (secondary N) is 1. The Hall–Kier alpha value is -1.12. The summed E-state index contributed by atoms with van der Waals surface area (Å²) in [6, 6.07) is 4.66. The maximum atomic E-state index is 13.5. The first-order valence-electron chi connectivity index (χ1n) is 5.45. The average molecular weight is 299 g/mol. The fraction of sp³-hybridized carbons (Fsp3) is 0.417. The van der Waals surface area contributed by atoms with E-state index in [9.17, 15) is 9.50 Å². The molecular formula is C12H12BrFN2O. The molecule has 2 atom stereocenters. The molecule has 90 valence electrons. The van der Waals surface area contributed by atoms with Gasteiger partial charge in [0.05, 0.1) is 17.8 Å². The second-order valence-electron chi connectivity index (χ2n) is 4.17. The molecule has 0 saturated heterocycles. The highest BCUT2D eigenvalue weighted by molar-refractivity contribution is 9.10. The first-order valence-corrected chi connectivity index (χ1v) is 6.25. The summed E-state index contributed by atoms with van der Waals surface area (Å²) in [5.41, 5.74) is 0.428. The van der Waals surface area contributed by atoms with Gasteiger partial charge in [0, 0.05) is 4.47 Å². The summed E-state index contributed by atoms with van der Waals surface area (Å²) in [5, 5.41) is 21.7. The Balaban J connectivity index is 2.29. The van der Waals surface area contributed by atoms with Crippen molar-refractivity contribution in [3.05, 3.63) is 28.0 Å². The summed E-state index contributed by atoms with van der Waals surface area (Å²) in [6.07, 6.45) is 2.09. The monoisotopic (exact) mass is 298 g/mol. The number of anilines is 1. The molecule has 0 bridgehead atoms. The van der Waals surface area contributed by atoms with Gasteiger partial charge in [0.1, 0.15) is 17.4 Å². The number of aliphatic hydroxyl groups excluding tert-OH is 1. The SMILES string of the molecule is N#Cc1c(F)cc(Br)cc1N[C@H]1CCC[C@@H]1O. The van der Waals surface area contributed by atoms with Crippen LogP contribution < -0.4 is 5.32 Å². The third-order valence-corrected chi connectivity index (χ3v) is 3.45. The molecule has 1 aromatic carbocycles. The molecule has 5 heteroatoms. The number of hydrogen-bond acceptors (Lipinski definition) is 3. The molecule has 1 aliphatic rings. The number of benzene rings is 1. The number of hydrogen-bond donors (Lipinski definition) is 2. The zero-order valence-corrected chi connectivity index (χ0v) is 10.7. The minimum atomic E-state index is -0.558. The highest BCUT2D eigenvalue weighted by atomic mass is 79.9. The predicted molar refractivity (Wildman–Crippen MR) is 66.1 cm³/mol. The molecule has 2 N–H and O–H groups in total. The maximum absolute atomic E-state index is 13.5. The van der Waals surface area contributed by atoms with Gasteiger partial charge >= 0.3 is 0 Å². The van der Waals surface area contributed by atoms with Crippen LogP contribution in [0.4, 0.5) is 10.1 Å². The van der Waals surface area contributed by atoms with Crippen LogP contribution >= 0.6 is 15.9 Å². The van der Waals surface area contributed by atoms with Crippen molar-refractivity contribution >= 4 is 21.6 Å². The summed E-state index contributed by atoms with van der Waals surface area (Å²) in [4.78, 5) is 0. The van der Waals surface area contributed by atoms with Crippen LogP contribution in [0.3, 0.4) is 0 Å². The number of nitriles is 1. The fourth-order valence-corrected chi connectivity index (χ4v) is 2.54. The zero-order chi connectivity index (χ0) is 12.4. The van der Waals surface area contributed by atoms with E-state index in [0.29, 0.717) is 10.2 Å². The van der Waals surface area contributed by atoms with Crippen molar-refractivity contribution in [3.8, 4) is 6.07 Å². The molecule has 2 rings (SSSR count). The van der Waals surface area contributed by atoms with Gasteiger partial charge in [-0.3, -0.25) is 0 Å². The van der Waals surface area contributed by atoms with Gasteiger partial charge in [0.2, 0.25) is 0 Å². The van der Waals surface area contributed by atoms with Crippen molar-refractivity contribution in [1.29, 1.82) is 5.26 Å². The van der Waals surface area contributed by atoms with Crippen molar-refractivity contribution < 1.29 is 9.50 Å². The lowest BCUT2D eigenvalue weighted by Crippen LogP contribution is -2.28. The first kappa shape index (κ1) is 12.3. The topological polar surface area (TPSA) is 56.0 Å². The quantitative estimate of drug-likeness (QED) is 0.883. The van der Waals surface area contributed by atoms with E-state index >= 15 is 0 Å². The van der Waals surface area contributed by atoms with Crippen LogP contribution in [-0.2, 0) is 0 Å². The Bertz CT molecular complexity index is 472. The molecule has 0 radical (unpaired) electrons. The second-order valence-corrected chi connectivity index (χ2v) is 5.09. The lowest BCUT2D eigenvalue weighted by Gasteiger charge is -2.19. The standard InChI is InChI=1S/C12H12BrFN2O/c13-7-4-9(14)8(6-15)11(5-7)16-10-2-1-3-12(10)17/h4-5,10,12,16-17H,1-3H2/t10-,12-/m0/s1. The molecule has 1 saturated carbocycles. The van der Waals surface area contributed by atoms with Crippen LogP contribution in [-0.4, -0.2) is 17.3 Å². The summed E-state index contributed by atoms with van der Waals surface area (Å²) in [5.74, 6) is -0.558. The Morgan fingerprint density at radius 3 is 2.82 bits per heavy atom. The number of nitrogens with zero attached hydrogens (tertiary/aromatic N) is 1. The molecule has 0 spiro atoms. The minimum absolute atomic E-state index is 0.00713. The van der Waals surface area contributed by atoms with Gasteiger partial charge in [-0.25, -0.2) is 4.39 Å². The normalized spacial score (nSPS) is 23.4. The molecule has 0 amide bonds. The van der Waals surface area contributed by atoms with Crippen LogP contribution in [0.1, 0.15) is 24.8 Å². The summed E-state index contributed by atoms with van der Waals surface area (Å²) >= 11 is 3.19. The Morgan fingerprint density at radius 1 is 1.47 bits per heavy atom. The van der Waals surface area contributed by atoms with Crippen LogP contribution in [0.2, 0.25) is 0 Å². The van der Waals surface area contributed by atoms with Crippen LogP contribution in [0.5, 0.6) is 0 Å². The van der Waals surface area contributed by atoms with E-state index in [-0.39, 0.29) is 11.6 Å². The van der Waals surface area contributed by atoms with Gasteiger partial charge in [0.15, 0.2) is 0 Å². The van der Waals surface area contributed by atoms with Crippen molar-refractivity contribution in [2.24, 2.45) is 0 Å². The largest absolute Gasteiger partial charge is 0.391 e. The van der Waals surface area contributed by atoms with E-state index in [2.05, 4.69) is 21.2 Å². The maximum Gasteiger partial charge on any atom is 0.144 e. The van der Waals surface area contributed by atoms with Crippen LogP contribution in [0.15, 0.2) is 16.6 Å². The molecular weight excluding hydrogens is 287 g/mol. The van der Waals surface area contributed by atoms with Crippen molar-refractivity contribution in [2.45, 2.75) is 31.4 Å². The van der Waals surface area contributed by atoms with Crippen molar-refractivity contribution in [2.75, 3.05) is 5.32 Å². The van der Waals surface area contributed by atoms with E-state index < -0.39 is 11.9 Å². The molecule has 1 fully saturated rings. The van der Waals surface area contributed by atoms with Gasteiger partial charge in [-0.05, 0) is 31.4 Å². The van der Waals surface area contributed by atoms with Gasteiger partial charge in [-0.1, -0.05) is 15.9 Å². The lowest BCUT2D eigenvalue weighted by atomic mass is 10.1. The number of halogens is 2. The van der Waals surface area contributed by atoms with E-state index in [0.717, 1.165) is 19.3 Å². The second kappa shape index (κ2) is 5.03. The molecule has 0 heterocycles. The minimum Gasteiger partial charge on any atom is -0.391 e. The van der Waals surface area contributed by atoms with Crippen LogP contribution in [0.25, 0.3) is 0 Å². The Morgan fingerprint density at radius 2 is 2.24 bits per heavy atom. The third-order valence-electron chi connectivity index (χ3n) is 2.99. The highest BCUT2D eigenvalue weighted by Crippen LogP contribution is 2.28. The smallest absolute Gasteiger partial charge is 0.144 e. The molecule has 0 aromatic heterocycles. The van der Waals surface area contributed by atoms with Gasteiger partial charge in [-0.15, -0.1) is 0 Å². The lowest BCUT2D eigenvalue weighted by molar-refractivity contribution is 0.172. The first-order chi connectivity index (χ1) is 8.11. The molecule has 1 aliphatic carbocycles. The predicted octanol–water partition coefficient (Wildman–Crippen LogP) is 2.79. The fourth-order valence-electron chi connectivity index (χ4n) is 2.11. The molecule has 0 unspecified atom stereocenters. The van der Waals surface area contributed by atoms with Gasteiger partial charge in [0.25, 0.3) is 0 Å². The molecule has 3 nitrogen and oxygen atoms in total. The van der Waals surface area contributed by atoms with Crippen molar-refractivity contribution in [3.63, 3.8) is 0 Å². The van der Waals surface area contributed by atoms with Crippen molar-refractivity contribution in [1.82, 2.24) is 0 Å². The summed E-state index contributed by atoms with van der Waals surface area (Å²) < 4.78 is 14.1. The van der Waals surface area contributed by atoms with E-state index in [4.69, 9.17) is 5.26 Å². The summed E-state index contributed by atoms with van der Waals surface area (Å²) in [7, 11) is 0. The Labute approximate surface area is 107 Å². The number of rotatable bonds is 2. The highest BCUT2D eigenvalue weighted by Gasteiger charge is 2.26. The Kier molecular flexibility index (Phi) is 3.65. The third kappa shape index (κ3) is 2.59. The zero-order valence-electron chi connectivity index (χ0n) is 9.08. The average Bonchev–Trinajstić information content (AvgIpc) is 2.64. The number of aliphatic hydroxyl groups is 1. The molecule has 17 heavy (non-hydrogen) atoms. The van der Waals surface area contributed by atoms with Gasteiger partial charge < -0.3 is 10.4 Å². The van der Waals surface area contributed by atoms with Gasteiger partial charge in [-0.2, -0.15) is 5.26 Å². The summed E-state index contributed by atoms with van der Waals surface area (Å²) in [6.45, 7) is 0.